The molecule has 3 aromatic heterocycles. The highest BCUT2D eigenvalue weighted by Crippen LogP contribution is 2.30. The first kappa shape index (κ1) is 28.4. The Bertz CT molecular complexity index is 1890. The van der Waals surface area contributed by atoms with E-state index < -0.39 is 10.0 Å². The number of aryl methyl sites for hydroxylation is 4. The number of aromatic nitrogens is 5. The topological polar surface area (TPSA) is 135 Å². The number of hydrogen-bond acceptors (Lipinski definition) is 7. The number of hydrogen-bond donors (Lipinski definition) is 2. The second-order valence-corrected chi connectivity index (χ2v) is 12.5. The van der Waals surface area contributed by atoms with Crippen molar-refractivity contribution < 1.29 is 17.9 Å². The molecule has 0 bridgehead atoms. The van der Waals surface area contributed by atoms with Crippen molar-refractivity contribution in [2.75, 3.05) is 17.8 Å². The van der Waals surface area contributed by atoms with Crippen LogP contribution in [0.3, 0.4) is 0 Å². The number of carbonyl (C=O) groups is 1. The molecule has 1 amide bonds. The number of H-pyrrole nitrogens is 1. The lowest BCUT2D eigenvalue weighted by Gasteiger charge is -2.18. The van der Waals surface area contributed by atoms with Crippen LogP contribution in [-0.4, -0.2) is 63.2 Å². The summed E-state index contributed by atoms with van der Waals surface area (Å²) >= 11 is 0. The first-order valence-electron chi connectivity index (χ1n) is 14.1. The van der Waals surface area contributed by atoms with Gasteiger partial charge in [0.15, 0.2) is 0 Å². The number of fused-ring (bicyclic) bond motifs is 1. The van der Waals surface area contributed by atoms with Gasteiger partial charge in [0.1, 0.15) is 11.0 Å². The van der Waals surface area contributed by atoms with Gasteiger partial charge in [0.05, 0.1) is 18.4 Å². The van der Waals surface area contributed by atoms with Crippen LogP contribution in [0.2, 0.25) is 0 Å². The molecule has 1 saturated heterocycles. The molecular weight excluding hydrogens is 566 g/mol. The summed E-state index contributed by atoms with van der Waals surface area (Å²) < 4.78 is 36.3. The molecule has 1 atom stereocenters. The zero-order chi connectivity index (χ0) is 30.1. The molecule has 222 valence electrons. The summed E-state index contributed by atoms with van der Waals surface area (Å²) in [4.78, 5) is 27.1. The van der Waals surface area contributed by atoms with Gasteiger partial charge in [0.2, 0.25) is 17.7 Å². The third kappa shape index (κ3) is 6.09. The third-order valence-corrected chi connectivity index (χ3v) is 9.01. The maximum Gasteiger partial charge on any atom is 0.267 e. The minimum atomic E-state index is -3.98. The first-order valence-corrected chi connectivity index (χ1v) is 15.6. The van der Waals surface area contributed by atoms with E-state index in [0.29, 0.717) is 38.0 Å². The number of likely N-dealkylation sites (tertiary alicyclic amines) is 1. The molecular formula is C31H33N7O4S. The summed E-state index contributed by atoms with van der Waals surface area (Å²) in [7, 11) is -2.34. The Kier molecular flexibility index (Phi) is 7.61. The molecule has 1 unspecified atom stereocenters. The standard InChI is InChI=1S/C31H33N7O4S/c1-20-7-6-8-21(2)30(20)27-15-28(35-31(34-27)36-43(40,41)24-17-33-37(3)19-24)42-23-13-14-38(18-23)29(39)12-11-22-16-32-26-10-5-4-9-25(22)26/h4-10,15-17,19,23,32H,11-14,18H2,1-3H3,(H,34,35,36). The molecule has 1 aliphatic rings. The van der Waals surface area contributed by atoms with Crippen molar-refractivity contribution in [2.45, 2.75) is 44.1 Å². The van der Waals surface area contributed by atoms with Crippen LogP contribution in [-0.2, 0) is 28.3 Å². The zero-order valence-corrected chi connectivity index (χ0v) is 25.1. The van der Waals surface area contributed by atoms with Crippen molar-refractivity contribution in [3.05, 3.63) is 83.8 Å². The largest absolute Gasteiger partial charge is 0.472 e. The maximum absolute atomic E-state index is 13.1. The number of ether oxygens (including phenoxy) is 1. The van der Waals surface area contributed by atoms with E-state index in [-0.39, 0.29) is 28.7 Å². The van der Waals surface area contributed by atoms with Crippen LogP contribution in [0.1, 0.15) is 29.5 Å². The number of rotatable bonds is 9. The lowest BCUT2D eigenvalue weighted by molar-refractivity contribution is -0.130. The van der Waals surface area contributed by atoms with Gasteiger partial charge in [-0.2, -0.15) is 10.1 Å². The van der Waals surface area contributed by atoms with E-state index in [2.05, 4.69) is 30.8 Å². The van der Waals surface area contributed by atoms with E-state index in [4.69, 9.17) is 4.74 Å². The fraction of sp³-hybridized carbons (Fsp3) is 0.290. The van der Waals surface area contributed by atoms with Gasteiger partial charge in [0.25, 0.3) is 10.0 Å². The SMILES string of the molecule is Cc1cccc(C)c1-c1cc(OC2CCN(C(=O)CCc3c[nH]c4ccccc34)C2)nc(NS(=O)(=O)c2cnn(C)c2)n1. The van der Waals surface area contributed by atoms with E-state index >= 15 is 0 Å². The Morgan fingerprint density at radius 1 is 1.12 bits per heavy atom. The van der Waals surface area contributed by atoms with Crippen molar-refractivity contribution >= 4 is 32.8 Å². The fourth-order valence-corrected chi connectivity index (χ4v) is 6.48. The van der Waals surface area contributed by atoms with E-state index in [9.17, 15) is 13.2 Å². The molecule has 2 N–H and O–H groups in total. The van der Waals surface area contributed by atoms with Crippen LogP contribution < -0.4 is 9.46 Å². The van der Waals surface area contributed by atoms with Gasteiger partial charge in [-0.15, -0.1) is 0 Å². The number of para-hydroxylation sites is 1. The monoisotopic (exact) mass is 599 g/mol. The Morgan fingerprint density at radius 3 is 2.67 bits per heavy atom. The Labute approximate surface area is 250 Å². The maximum atomic E-state index is 13.1. The van der Waals surface area contributed by atoms with Crippen molar-refractivity contribution in [1.29, 1.82) is 0 Å². The minimum Gasteiger partial charge on any atom is -0.472 e. The average Bonchev–Trinajstić information content (AvgIpc) is 3.72. The number of amides is 1. The summed E-state index contributed by atoms with van der Waals surface area (Å²) in [5, 5.41) is 5.09. The number of carbonyl (C=O) groups excluding carboxylic acids is 1. The second-order valence-electron chi connectivity index (χ2n) is 10.9. The van der Waals surface area contributed by atoms with Crippen LogP contribution in [0.4, 0.5) is 5.95 Å². The molecule has 43 heavy (non-hydrogen) atoms. The summed E-state index contributed by atoms with van der Waals surface area (Å²) in [6.07, 6.45) is 6.03. The lowest BCUT2D eigenvalue weighted by Crippen LogP contribution is -2.31. The molecule has 6 rings (SSSR count). The van der Waals surface area contributed by atoms with Crippen LogP contribution >= 0.6 is 0 Å². The fourth-order valence-electron chi connectivity index (χ4n) is 5.55. The van der Waals surface area contributed by atoms with Gasteiger partial charge >= 0.3 is 0 Å². The highest BCUT2D eigenvalue weighted by atomic mass is 32.2. The predicted octanol–water partition coefficient (Wildman–Crippen LogP) is 4.39. The molecule has 0 aliphatic carbocycles. The molecule has 11 nitrogen and oxygen atoms in total. The predicted molar refractivity (Wildman–Crippen MR) is 163 cm³/mol. The third-order valence-electron chi connectivity index (χ3n) is 7.73. The Hall–Kier alpha value is -4.71. The van der Waals surface area contributed by atoms with Gasteiger partial charge in [-0.05, 0) is 43.0 Å². The molecule has 0 saturated carbocycles. The highest BCUT2D eigenvalue weighted by Gasteiger charge is 2.29. The van der Waals surface area contributed by atoms with Crippen LogP contribution in [0, 0.1) is 13.8 Å². The molecule has 1 aliphatic heterocycles. The summed E-state index contributed by atoms with van der Waals surface area (Å²) in [6.45, 7) is 4.95. The Balaban J connectivity index is 1.19. The average molecular weight is 600 g/mol. The molecule has 2 aromatic carbocycles. The normalized spacial score (nSPS) is 15.2. The van der Waals surface area contributed by atoms with Gasteiger partial charge in [-0.3, -0.25) is 9.48 Å². The highest BCUT2D eigenvalue weighted by molar-refractivity contribution is 7.92. The van der Waals surface area contributed by atoms with Crippen molar-refractivity contribution in [1.82, 2.24) is 29.6 Å². The number of nitrogens with one attached hydrogen (secondary N) is 2. The van der Waals surface area contributed by atoms with E-state index in [1.54, 1.807) is 13.1 Å². The summed E-state index contributed by atoms with van der Waals surface area (Å²) in [5.74, 6) is 0.193. The van der Waals surface area contributed by atoms with E-state index in [1.807, 2.05) is 61.3 Å². The number of sulfonamides is 1. The Morgan fingerprint density at radius 2 is 1.91 bits per heavy atom. The molecule has 5 aromatic rings. The number of aromatic amines is 1. The van der Waals surface area contributed by atoms with Crippen LogP contribution in [0.25, 0.3) is 22.2 Å². The quantitative estimate of drug-likeness (QED) is 0.257. The molecule has 0 radical (unpaired) electrons. The first-order chi connectivity index (χ1) is 20.7. The summed E-state index contributed by atoms with van der Waals surface area (Å²) in [5.41, 5.74) is 5.56. The van der Waals surface area contributed by atoms with Crippen molar-refractivity contribution in [2.24, 2.45) is 7.05 Å². The lowest BCUT2D eigenvalue weighted by atomic mass is 10.00. The van der Waals surface area contributed by atoms with Gasteiger partial charge < -0.3 is 14.6 Å². The van der Waals surface area contributed by atoms with E-state index in [0.717, 1.165) is 33.2 Å². The zero-order valence-electron chi connectivity index (χ0n) is 24.2. The van der Waals surface area contributed by atoms with Gasteiger partial charge in [-0.1, -0.05) is 36.4 Å². The van der Waals surface area contributed by atoms with Crippen LogP contribution in [0.5, 0.6) is 5.88 Å². The summed E-state index contributed by atoms with van der Waals surface area (Å²) in [6, 6.07) is 15.7. The number of anilines is 1. The van der Waals surface area contributed by atoms with Gasteiger partial charge in [0, 0.05) is 61.4 Å². The molecule has 12 heteroatoms. The number of benzene rings is 2. The van der Waals surface area contributed by atoms with Crippen molar-refractivity contribution in [3.8, 4) is 17.1 Å². The van der Waals surface area contributed by atoms with E-state index in [1.165, 1.54) is 17.1 Å². The van der Waals surface area contributed by atoms with Crippen LogP contribution in [0.15, 0.2) is 72.0 Å². The molecule has 0 spiro atoms. The molecule has 4 heterocycles. The van der Waals surface area contributed by atoms with Crippen molar-refractivity contribution in [3.63, 3.8) is 0 Å². The van der Waals surface area contributed by atoms with Gasteiger partial charge in [-0.25, -0.2) is 18.1 Å². The smallest absolute Gasteiger partial charge is 0.267 e. The minimum absolute atomic E-state index is 0.00359. The molecule has 1 fully saturated rings. The second kappa shape index (κ2) is 11.5. The number of nitrogens with zero attached hydrogens (tertiary/aromatic N) is 5.